The molecule has 174 valence electrons. The van der Waals surface area contributed by atoms with Crippen LogP contribution in [-0.4, -0.2) is 32.6 Å². The van der Waals surface area contributed by atoms with E-state index in [0.717, 1.165) is 16.3 Å². The lowest BCUT2D eigenvalue weighted by Crippen LogP contribution is -2.28. The second-order valence-electron chi connectivity index (χ2n) is 8.05. The number of amides is 3. The monoisotopic (exact) mass is 468 g/mol. The summed E-state index contributed by atoms with van der Waals surface area (Å²) >= 11 is 0. The Kier molecular flexibility index (Phi) is 5.58. The minimum absolute atomic E-state index is 0.0256. The molecule has 1 aliphatic heterocycles. The van der Waals surface area contributed by atoms with Gasteiger partial charge in [0.1, 0.15) is 11.5 Å². The van der Waals surface area contributed by atoms with Crippen LogP contribution >= 0.6 is 0 Å². The molecule has 2 aromatic heterocycles. The van der Waals surface area contributed by atoms with E-state index < -0.39 is 17.7 Å². The maximum atomic E-state index is 12.9. The zero-order valence-corrected chi connectivity index (χ0v) is 18.9. The predicted octanol–water partition coefficient (Wildman–Crippen LogP) is 4.53. The first kappa shape index (κ1) is 22.0. The maximum absolute atomic E-state index is 12.9. The molecule has 0 saturated heterocycles. The molecule has 1 aliphatic rings. The van der Waals surface area contributed by atoms with Crippen molar-refractivity contribution in [1.82, 2.24) is 14.9 Å². The Morgan fingerprint density at radius 2 is 1.71 bits per heavy atom. The van der Waals surface area contributed by atoms with E-state index in [2.05, 4.69) is 15.3 Å². The summed E-state index contributed by atoms with van der Waals surface area (Å²) < 4.78 is 11.0. The number of aryl methyl sites for hydroxylation is 2. The van der Waals surface area contributed by atoms with Gasteiger partial charge in [-0.25, -0.2) is 9.97 Å². The van der Waals surface area contributed by atoms with Crippen molar-refractivity contribution >= 4 is 23.4 Å². The van der Waals surface area contributed by atoms with Crippen molar-refractivity contribution in [2.45, 2.75) is 20.4 Å². The number of fused-ring (bicyclic) bond motifs is 1. The second kappa shape index (κ2) is 8.86. The Labute approximate surface area is 200 Å². The van der Waals surface area contributed by atoms with E-state index >= 15 is 0 Å². The Bertz CT molecular complexity index is 1440. The maximum Gasteiger partial charge on any atom is 0.322 e. The number of carbonyl (C=O) groups is 3. The molecule has 1 N–H and O–H groups in total. The molecule has 0 radical (unpaired) electrons. The molecule has 5 rings (SSSR count). The van der Waals surface area contributed by atoms with E-state index in [9.17, 15) is 14.4 Å². The van der Waals surface area contributed by atoms with Crippen LogP contribution in [0.25, 0.3) is 0 Å². The number of imide groups is 1. The number of anilines is 1. The molecule has 0 aliphatic carbocycles. The van der Waals surface area contributed by atoms with Gasteiger partial charge in [-0.15, -0.1) is 0 Å². The van der Waals surface area contributed by atoms with E-state index in [-0.39, 0.29) is 29.2 Å². The van der Waals surface area contributed by atoms with Crippen molar-refractivity contribution in [3.05, 3.63) is 101 Å². The number of furan rings is 1. The predicted molar refractivity (Wildman–Crippen MR) is 125 cm³/mol. The zero-order valence-electron chi connectivity index (χ0n) is 18.9. The lowest BCUT2D eigenvalue weighted by Gasteiger charge is -2.11. The fraction of sp³-hybridized carbons (Fsp3) is 0.115. The van der Waals surface area contributed by atoms with Crippen LogP contribution in [0.1, 0.15) is 48.2 Å². The van der Waals surface area contributed by atoms with Gasteiger partial charge < -0.3 is 14.5 Å². The van der Waals surface area contributed by atoms with Crippen LogP contribution in [0, 0.1) is 13.8 Å². The Hall–Kier alpha value is -4.79. The molecule has 0 unspecified atom stereocenters. The first-order chi connectivity index (χ1) is 16.9. The van der Waals surface area contributed by atoms with E-state index in [1.54, 1.807) is 36.4 Å². The minimum Gasteiger partial charge on any atom is -0.467 e. The highest BCUT2D eigenvalue weighted by Gasteiger charge is 2.36. The van der Waals surface area contributed by atoms with Gasteiger partial charge in [0.2, 0.25) is 0 Å². The van der Waals surface area contributed by atoms with E-state index in [0.29, 0.717) is 17.2 Å². The summed E-state index contributed by atoms with van der Waals surface area (Å²) in [5, 5.41) is 2.79. The van der Waals surface area contributed by atoms with Gasteiger partial charge in [-0.2, -0.15) is 0 Å². The molecule has 3 amide bonds. The normalized spacial score (nSPS) is 12.6. The van der Waals surface area contributed by atoms with Crippen molar-refractivity contribution in [2.24, 2.45) is 0 Å². The molecule has 2 aromatic carbocycles. The van der Waals surface area contributed by atoms with Crippen LogP contribution in [0.4, 0.5) is 5.69 Å². The van der Waals surface area contributed by atoms with Gasteiger partial charge >= 0.3 is 6.01 Å². The number of hydrogen-bond acceptors (Lipinski definition) is 7. The molecule has 0 spiro atoms. The third kappa shape index (κ3) is 4.51. The Balaban J connectivity index is 1.32. The number of nitrogens with zero attached hydrogens (tertiary/aromatic N) is 3. The Morgan fingerprint density at radius 1 is 0.943 bits per heavy atom. The number of nitrogens with one attached hydrogen (secondary N) is 1. The SMILES string of the molecule is Cc1cc(C)nc(Oc2cccc(NC(=O)c3ccc4c(c3)C(=O)N(Cc3ccco3)C4=O)c2)n1. The van der Waals surface area contributed by atoms with Crippen molar-refractivity contribution < 1.29 is 23.5 Å². The molecule has 0 bridgehead atoms. The number of benzene rings is 2. The van der Waals surface area contributed by atoms with Crippen molar-refractivity contribution in [2.75, 3.05) is 5.32 Å². The molecule has 0 fully saturated rings. The average Bonchev–Trinajstić information content (AvgIpc) is 3.41. The Morgan fingerprint density at radius 3 is 2.46 bits per heavy atom. The van der Waals surface area contributed by atoms with Crippen molar-refractivity contribution in [1.29, 1.82) is 0 Å². The number of rotatable bonds is 6. The van der Waals surface area contributed by atoms with Crippen molar-refractivity contribution in [3.63, 3.8) is 0 Å². The molecule has 35 heavy (non-hydrogen) atoms. The molecule has 4 aromatic rings. The fourth-order valence-electron chi connectivity index (χ4n) is 3.82. The lowest BCUT2D eigenvalue weighted by atomic mass is 10.1. The number of ether oxygens (including phenoxy) is 1. The molecule has 9 heteroatoms. The van der Waals surface area contributed by atoms with Gasteiger partial charge in [0.05, 0.1) is 23.9 Å². The van der Waals surface area contributed by atoms with Gasteiger partial charge in [-0.1, -0.05) is 6.07 Å². The summed E-state index contributed by atoms with van der Waals surface area (Å²) in [6, 6.07) is 16.7. The topological polar surface area (TPSA) is 115 Å². The summed E-state index contributed by atoms with van der Waals surface area (Å²) in [6.07, 6.45) is 1.48. The largest absolute Gasteiger partial charge is 0.467 e. The first-order valence-corrected chi connectivity index (χ1v) is 10.8. The van der Waals surface area contributed by atoms with Crippen LogP contribution in [0.5, 0.6) is 11.8 Å². The third-order valence-corrected chi connectivity index (χ3v) is 5.39. The van der Waals surface area contributed by atoms with Gasteiger partial charge in [0, 0.05) is 28.7 Å². The first-order valence-electron chi connectivity index (χ1n) is 10.8. The summed E-state index contributed by atoms with van der Waals surface area (Å²) in [5.74, 6) is -0.383. The molecule has 0 atom stereocenters. The standard InChI is InChI=1S/C26H20N4O5/c1-15-11-16(2)28-26(27-15)35-19-6-3-5-18(13-19)29-23(31)17-8-9-21-22(12-17)25(33)30(24(21)32)14-20-7-4-10-34-20/h3-13H,14H2,1-2H3,(H,29,31). The van der Waals surface area contributed by atoms with Crippen molar-refractivity contribution in [3.8, 4) is 11.8 Å². The van der Waals surface area contributed by atoms with Crippen LogP contribution in [0.3, 0.4) is 0 Å². The summed E-state index contributed by atoms with van der Waals surface area (Å²) in [7, 11) is 0. The van der Waals surface area contributed by atoms with Gasteiger partial charge in [-0.05, 0) is 62.4 Å². The number of aromatic nitrogens is 2. The molecular weight excluding hydrogens is 448 g/mol. The zero-order chi connectivity index (χ0) is 24.5. The summed E-state index contributed by atoms with van der Waals surface area (Å²) in [4.78, 5) is 48.0. The lowest BCUT2D eigenvalue weighted by molar-refractivity contribution is 0.0631. The smallest absolute Gasteiger partial charge is 0.322 e. The number of hydrogen-bond donors (Lipinski definition) is 1. The summed E-state index contributed by atoms with van der Waals surface area (Å²) in [6.45, 7) is 3.73. The highest BCUT2D eigenvalue weighted by atomic mass is 16.5. The fourth-order valence-corrected chi connectivity index (χ4v) is 3.82. The molecule has 3 heterocycles. The molecule has 9 nitrogen and oxygen atoms in total. The third-order valence-electron chi connectivity index (χ3n) is 5.39. The van der Waals surface area contributed by atoms with E-state index in [4.69, 9.17) is 9.15 Å². The number of carbonyl (C=O) groups excluding carboxylic acids is 3. The quantitative estimate of drug-likeness (QED) is 0.414. The van der Waals surface area contributed by atoms with Crippen LogP contribution < -0.4 is 10.1 Å². The molecular formula is C26H20N4O5. The van der Waals surface area contributed by atoms with Crippen LogP contribution in [0.15, 0.2) is 71.3 Å². The van der Waals surface area contributed by atoms with Gasteiger partial charge in [-0.3, -0.25) is 19.3 Å². The highest BCUT2D eigenvalue weighted by Crippen LogP contribution is 2.27. The second-order valence-corrected chi connectivity index (χ2v) is 8.05. The summed E-state index contributed by atoms with van der Waals surface area (Å²) in [5.41, 5.74) is 2.72. The van der Waals surface area contributed by atoms with Crippen LogP contribution in [0.2, 0.25) is 0 Å². The van der Waals surface area contributed by atoms with E-state index in [1.807, 2.05) is 19.9 Å². The molecule has 0 saturated carbocycles. The van der Waals surface area contributed by atoms with Gasteiger partial charge in [0.15, 0.2) is 0 Å². The highest BCUT2D eigenvalue weighted by molar-refractivity contribution is 6.22. The van der Waals surface area contributed by atoms with Crippen LogP contribution in [-0.2, 0) is 6.54 Å². The average molecular weight is 468 g/mol. The van der Waals surface area contributed by atoms with E-state index in [1.165, 1.54) is 24.5 Å². The van der Waals surface area contributed by atoms with Gasteiger partial charge in [0.25, 0.3) is 17.7 Å². The minimum atomic E-state index is -0.472.